The summed E-state index contributed by atoms with van der Waals surface area (Å²) in [6.07, 6.45) is 6.98. The lowest BCUT2D eigenvalue weighted by Gasteiger charge is -2.62. The Labute approximate surface area is 185 Å². The molecule has 0 unspecified atom stereocenters. The number of hydrogen-bond acceptors (Lipinski definition) is 6. The van der Waals surface area contributed by atoms with Gasteiger partial charge in [-0.1, -0.05) is 13.8 Å². The summed E-state index contributed by atoms with van der Waals surface area (Å²) in [5.74, 6) is 0.797. The van der Waals surface area contributed by atoms with Gasteiger partial charge in [0.1, 0.15) is 12.7 Å². The topological polar surface area (TPSA) is 89.9 Å². The number of Topliss-reactive ketones (excluding diaryl/α,β-unsaturated/α-hetero) is 1. The molecule has 0 aromatic carbocycles. The van der Waals surface area contributed by atoms with Gasteiger partial charge in [0, 0.05) is 19.8 Å². The number of rotatable bonds is 4. The van der Waals surface area contributed by atoms with E-state index in [0.717, 1.165) is 44.9 Å². The van der Waals surface area contributed by atoms with Crippen LogP contribution < -0.4 is 0 Å². The third-order valence-corrected chi connectivity index (χ3v) is 9.68. The number of ketones is 1. The Kier molecular flexibility index (Phi) is 5.99. The van der Waals surface area contributed by atoms with E-state index in [1.54, 1.807) is 0 Å². The molecule has 6 heteroatoms. The fourth-order valence-corrected chi connectivity index (χ4v) is 8.49. The summed E-state index contributed by atoms with van der Waals surface area (Å²) in [6.45, 7) is 7.20. The highest BCUT2D eigenvalue weighted by molar-refractivity contribution is 5.85. The number of hydrogen-bond donors (Lipinski definition) is 1. The van der Waals surface area contributed by atoms with Crippen molar-refractivity contribution in [1.29, 1.82) is 0 Å². The molecule has 0 amide bonds. The molecule has 0 aromatic heterocycles. The highest BCUT2D eigenvalue weighted by Crippen LogP contribution is 2.67. The summed E-state index contributed by atoms with van der Waals surface area (Å²) in [4.78, 5) is 35.5. The van der Waals surface area contributed by atoms with Gasteiger partial charge in [-0.15, -0.1) is 0 Å². The Hall–Kier alpha value is -1.43. The van der Waals surface area contributed by atoms with E-state index in [1.807, 2.05) is 0 Å². The number of ether oxygens (including phenoxy) is 2. The van der Waals surface area contributed by atoms with E-state index in [4.69, 9.17) is 9.47 Å². The van der Waals surface area contributed by atoms with E-state index in [-0.39, 0.29) is 47.1 Å². The Morgan fingerprint density at radius 1 is 0.968 bits per heavy atom. The molecule has 0 aromatic rings. The smallest absolute Gasteiger partial charge is 0.303 e. The van der Waals surface area contributed by atoms with Crippen LogP contribution in [-0.4, -0.2) is 41.6 Å². The predicted octanol–water partition coefficient (Wildman–Crippen LogP) is 3.68. The fourth-order valence-electron chi connectivity index (χ4n) is 8.49. The van der Waals surface area contributed by atoms with Crippen LogP contribution in [0.4, 0.5) is 0 Å². The molecule has 1 N–H and O–H groups in total. The second kappa shape index (κ2) is 8.17. The van der Waals surface area contributed by atoms with Crippen molar-refractivity contribution in [2.45, 2.75) is 91.3 Å². The van der Waals surface area contributed by atoms with Crippen molar-refractivity contribution in [2.75, 3.05) is 6.61 Å². The maximum Gasteiger partial charge on any atom is 0.303 e. The van der Waals surface area contributed by atoms with E-state index in [0.29, 0.717) is 24.2 Å². The van der Waals surface area contributed by atoms with Crippen molar-refractivity contribution in [3.63, 3.8) is 0 Å². The zero-order valence-electron chi connectivity index (χ0n) is 19.4. The van der Waals surface area contributed by atoms with Crippen molar-refractivity contribution < 1.29 is 29.0 Å². The number of aliphatic hydroxyl groups is 1. The Bertz CT molecular complexity index is 748. The van der Waals surface area contributed by atoms with E-state index >= 15 is 0 Å². The van der Waals surface area contributed by atoms with Crippen molar-refractivity contribution in [3.8, 4) is 0 Å². The molecule has 9 atom stereocenters. The normalized spacial score (nSPS) is 46.3. The summed E-state index contributed by atoms with van der Waals surface area (Å²) in [5.41, 5.74) is -0.171. The largest absolute Gasteiger partial charge is 0.463 e. The molecular formula is C25H38O6. The number of fused-ring (bicyclic) bond motifs is 5. The van der Waals surface area contributed by atoms with Crippen LogP contribution in [0.15, 0.2) is 0 Å². The third kappa shape index (κ3) is 3.83. The van der Waals surface area contributed by atoms with Crippen molar-refractivity contribution >= 4 is 17.7 Å². The number of aliphatic hydroxyl groups excluding tert-OH is 1. The maximum absolute atomic E-state index is 12.9. The van der Waals surface area contributed by atoms with Crippen molar-refractivity contribution in [1.82, 2.24) is 0 Å². The zero-order chi connectivity index (χ0) is 22.6. The Morgan fingerprint density at radius 3 is 2.39 bits per heavy atom. The van der Waals surface area contributed by atoms with Gasteiger partial charge in [0.05, 0.1) is 6.10 Å². The van der Waals surface area contributed by atoms with Crippen LogP contribution in [0.2, 0.25) is 0 Å². The maximum atomic E-state index is 12.9. The molecule has 174 valence electrons. The van der Waals surface area contributed by atoms with Crippen LogP contribution in [0.1, 0.15) is 79.1 Å². The molecule has 4 fully saturated rings. The fraction of sp³-hybridized carbons (Fsp3) is 0.880. The molecule has 0 bridgehead atoms. The van der Waals surface area contributed by atoms with Gasteiger partial charge >= 0.3 is 11.9 Å². The van der Waals surface area contributed by atoms with Gasteiger partial charge in [-0.05, 0) is 85.9 Å². The first kappa shape index (κ1) is 22.8. The minimum Gasteiger partial charge on any atom is -0.463 e. The molecule has 4 rings (SSSR count). The quantitative estimate of drug-likeness (QED) is 0.679. The molecule has 0 spiro atoms. The first-order chi connectivity index (χ1) is 14.6. The molecule has 4 aliphatic carbocycles. The Morgan fingerprint density at radius 2 is 1.71 bits per heavy atom. The zero-order valence-corrected chi connectivity index (χ0v) is 19.4. The number of carbonyl (C=O) groups excluding carboxylic acids is 3. The van der Waals surface area contributed by atoms with Crippen LogP contribution in [0, 0.1) is 40.4 Å². The lowest BCUT2D eigenvalue weighted by atomic mass is 9.44. The molecule has 4 saturated carbocycles. The minimum atomic E-state index is -0.425. The molecular weight excluding hydrogens is 396 g/mol. The van der Waals surface area contributed by atoms with Gasteiger partial charge in [-0.3, -0.25) is 14.4 Å². The van der Waals surface area contributed by atoms with Gasteiger partial charge < -0.3 is 14.6 Å². The average Bonchev–Trinajstić information content (AvgIpc) is 3.02. The lowest BCUT2D eigenvalue weighted by molar-refractivity contribution is -0.185. The van der Waals surface area contributed by atoms with Gasteiger partial charge in [0.2, 0.25) is 0 Å². The average molecular weight is 435 g/mol. The molecule has 0 aliphatic heterocycles. The molecule has 31 heavy (non-hydrogen) atoms. The molecule has 4 aliphatic rings. The summed E-state index contributed by atoms with van der Waals surface area (Å²) in [5, 5.41) is 11.5. The van der Waals surface area contributed by atoms with Gasteiger partial charge in [-0.2, -0.15) is 0 Å². The number of esters is 2. The SMILES string of the molecule is CC(=O)OCC(=O)[C@H]1CC[C@H]2[C@@H]3CC[C@@H]4C[C@H](OC(C)=O)CC[C@]4(C)[C@H]3[C@@H](O)C[C@]12C. The summed E-state index contributed by atoms with van der Waals surface area (Å²) in [7, 11) is 0. The second-order valence-corrected chi connectivity index (χ2v) is 11.2. The minimum absolute atomic E-state index is 0.00707. The van der Waals surface area contributed by atoms with Crippen LogP contribution >= 0.6 is 0 Å². The summed E-state index contributed by atoms with van der Waals surface area (Å²) < 4.78 is 10.6. The van der Waals surface area contributed by atoms with Gasteiger partial charge in [0.15, 0.2) is 5.78 Å². The first-order valence-electron chi connectivity index (χ1n) is 12.1. The van der Waals surface area contributed by atoms with Gasteiger partial charge in [-0.25, -0.2) is 0 Å². The number of carbonyl (C=O) groups is 3. The Balaban J connectivity index is 1.53. The lowest BCUT2D eigenvalue weighted by Crippen LogP contribution is -2.59. The molecule has 0 heterocycles. The first-order valence-corrected chi connectivity index (χ1v) is 12.1. The summed E-state index contributed by atoms with van der Waals surface area (Å²) >= 11 is 0. The van der Waals surface area contributed by atoms with E-state index in [9.17, 15) is 19.5 Å². The van der Waals surface area contributed by atoms with E-state index < -0.39 is 12.1 Å². The second-order valence-electron chi connectivity index (χ2n) is 11.2. The highest BCUT2D eigenvalue weighted by atomic mass is 16.5. The van der Waals surface area contributed by atoms with Crippen molar-refractivity contribution in [3.05, 3.63) is 0 Å². The van der Waals surface area contributed by atoms with Crippen molar-refractivity contribution in [2.24, 2.45) is 40.4 Å². The van der Waals surface area contributed by atoms with E-state index in [1.165, 1.54) is 13.8 Å². The summed E-state index contributed by atoms with van der Waals surface area (Å²) in [6, 6.07) is 0. The van der Waals surface area contributed by atoms with Crippen LogP contribution in [-0.2, 0) is 23.9 Å². The highest BCUT2D eigenvalue weighted by Gasteiger charge is 2.64. The van der Waals surface area contributed by atoms with Crippen LogP contribution in [0.3, 0.4) is 0 Å². The molecule has 0 saturated heterocycles. The van der Waals surface area contributed by atoms with Gasteiger partial charge in [0.25, 0.3) is 0 Å². The van der Waals surface area contributed by atoms with E-state index in [2.05, 4.69) is 13.8 Å². The third-order valence-electron chi connectivity index (χ3n) is 9.68. The molecule has 0 radical (unpaired) electrons. The predicted molar refractivity (Wildman–Crippen MR) is 114 cm³/mol. The standard InChI is InChI=1S/C25H38O6/c1-14(26)30-13-22(29)20-8-7-19-18-6-5-16-11-17(31-15(2)27)9-10-24(16,3)23(18)21(28)12-25(19,20)4/h16-21,23,28H,5-13H2,1-4H3/t16-,17-,18+,19+,20-,21+,23-,24+,25+/m1/s1. The van der Waals surface area contributed by atoms with Crippen LogP contribution in [0.5, 0.6) is 0 Å². The molecule has 6 nitrogen and oxygen atoms in total. The van der Waals surface area contributed by atoms with Crippen LogP contribution in [0.25, 0.3) is 0 Å². The monoisotopic (exact) mass is 434 g/mol.